The van der Waals surface area contributed by atoms with E-state index in [9.17, 15) is 14.4 Å². The Bertz CT molecular complexity index is 614. The quantitative estimate of drug-likeness (QED) is 0.801. The second-order valence-electron chi connectivity index (χ2n) is 4.46. The number of aryl methyl sites for hydroxylation is 1. The fourth-order valence-electron chi connectivity index (χ4n) is 1.58. The van der Waals surface area contributed by atoms with Gasteiger partial charge in [-0.3, -0.25) is 9.59 Å². The van der Waals surface area contributed by atoms with Gasteiger partial charge in [0.15, 0.2) is 0 Å². The van der Waals surface area contributed by atoms with Crippen molar-refractivity contribution < 1.29 is 14.7 Å². The van der Waals surface area contributed by atoms with Crippen molar-refractivity contribution in [3.05, 3.63) is 39.8 Å². The minimum Gasteiger partial charge on any atom is -0.478 e. The summed E-state index contributed by atoms with van der Waals surface area (Å²) in [6.45, 7) is 5.32. The number of aromatic nitrogens is 1. The number of carbonyl (C=O) groups excluding carboxylic acids is 1. The van der Waals surface area contributed by atoms with E-state index in [-0.39, 0.29) is 16.7 Å². The number of carboxylic acids is 1. The lowest BCUT2D eigenvalue weighted by Gasteiger charge is -2.09. The summed E-state index contributed by atoms with van der Waals surface area (Å²) in [5.74, 6) is -1.62. The van der Waals surface area contributed by atoms with Gasteiger partial charge in [-0.25, -0.2) is 4.79 Å². The van der Waals surface area contributed by atoms with Crippen LogP contribution in [0.25, 0.3) is 0 Å². The molecule has 0 radical (unpaired) electrons. The molecule has 1 amide bonds. The Labute approximate surface area is 116 Å². The fourth-order valence-corrected chi connectivity index (χ4v) is 1.58. The van der Waals surface area contributed by atoms with Crippen molar-refractivity contribution >= 4 is 17.6 Å². The van der Waals surface area contributed by atoms with E-state index in [0.29, 0.717) is 12.2 Å². The summed E-state index contributed by atoms with van der Waals surface area (Å²) < 4.78 is 1.50. The normalized spacial score (nSPS) is 11.8. The third-order valence-electron chi connectivity index (χ3n) is 2.93. The molecule has 2 N–H and O–H groups in total. The molecule has 0 unspecified atom stereocenters. The lowest BCUT2D eigenvalue weighted by Crippen LogP contribution is -2.21. The summed E-state index contributed by atoms with van der Waals surface area (Å²) in [7, 11) is 0. The molecule has 0 aliphatic rings. The molecule has 0 saturated heterocycles. The minimum atomic E-state index is -1.13. The van der Waals surface area contributed by atoms with Crippen LogP contribution in [0.2, 0.25) is 0 Å². The average Bonchev–Trinajstić information content (AvgIpc) is 2.40. The number of pyridine rings is 1. The van der Waals surface area contributed by atoms with E-state index in [1.54, 1.807) is 6.20 Å². The molecule has 0 saturated carbocycles. The Morgan fingerprint density at radius 1 is 1.25 bits per heavy atom. The number of nitrogens with zero attached hydrogens (tertiary/aromatic N) is 1. The second kappa shape index (κ2) is 6.70. The van der Waals surface area contributed by atoms with Gasteiger partial charge in [0.05, 0.1) is 5.69 Å². The van der Waals surface area contributed by atoms with Gasteiger partial charge in [0.1, 0.15) is 0 Å². The first-order valence-corrected chi connectivity index (χ1v) is 6.29. The fraction of sp³-hybridized carbons (Fsp3) is 0.357. The van der Waals surface area contributed by atoms with Crippen LogP contribution >= 0.6 is 0 Å². The zero-order valence-electron chi connectivity index (χ0n) is 11.8. The van der Waals surface area contributed by atoms with E-state index in [1.807, 2.05) is 6.92 Å². The van der Waals surface area contributed by atoms with Gasteiger partial charge in [0.2, 0.25) is 0 Å². The molecule has 1 aromatic heterocycles. The molecule has 108 valence electrons. The Balaban J connectivity index is 2.97. The summed E-state index contributed by atoms with van der Waals surface area (Å²) in [4.78, 5) is 34.2. The van der Waals surface area contributed by atoms with E-state index in [0.717, 1.165) is 6.42 Å². The molecule has 0 spiro atoms. The van der Waals surface area contributed by atoms with Crippen LogP contribution in [0.3, 0.4) is 0 Å². The van der Waals surface area contributed by atoms with E-state index in [1.165, 1.54) is 30.5 Å². The van der Waals surface area contributed by atoms with Crippen LogP contribution in [0.5, 0.6) is 0 Å². The van der Waals surface area contributed by atoms with E-state index < -0.39 is 11.9 Å². The number of carbonyl (C=O) groups is 2. The molecule has 0 atom stereocenters. The topological polar surface area (TPSA) is 88.4 Å². The van der Waals surface area contributed by atoms with Gasteiger partial charge >= 0.3 is 5.97 Å². The first kappa shape index (κ1) is 15.7. The maximum Gasteiger partial charge on any atom is 0.331 e. The van der Waals surface area contributed by atoms with Gasteiger partial charge in [0.25, 0.3) is 11.5 Å². The average molecular weight is 278 g/mol. The number of carboxylic acid groups (broad SMARTS) is 1. The summed E-state index contributed by atoms with van der Waals surface area (Å²) in [6, 6.07) is 2.87. The molecule has 6 nitrogen and oxygen atoms in total. The molecule has 1 rings (SSSR count). The molecule has 6 heteroatoms. The van der Waals surface area contributed by atoms with Gasteiger partial charge in [-0.2, -0.15) is 0 Å². The van der Waals surface area contributed by atoms with Crippen molar-refractivity contribution in [2.45, 2.75) is 33.7 Å². The first-order valence-electron chi connectivity index (χ1n) is 6.29. The lowest BCUT2D eigenvalue weighted by atomic mass is 10.1. The predicted octanol–water partition coefficient (Wildman–Crippen LogP) is 1.62. The number of aliphatic carboxylic acids is 1. The third kappa shape index (κ3) is 3.81. The molecule has 0 bridgehead atoms. The van der Waals surface area contributed by atoms with Crippen molar-refractivity contribution in [1.29, 1.82) is 0 Å². The number of rotatable bonds is 5. The highest BCUT2D eigenvalue weighted by Crippen LogP contribution is 2.09. The molecule has 1 heterocycles. The number of amides is 1. The van der Waals surface area contributed by atoms with Gasteiger partial charge in [-0.1, -0.05) is 6.92 Å². The highest BCUT2D eigenvalue weighted by Gasteiger charge is 2.13. The lowest BCUT2D eigenvalue weighted by molar-refractivity contribution is -0.133. The van der Waals surface area contributed by atoms with E-state index >= 15 is 0 Å². The molecule has 0 aliphatic carbocycles. The number of hydrogen-bond acceptors (Lipinski definition) is 3. The Morgan fingerprint density at radius 3 is 2.45 bits per heavy atom. The molecule has 20 heavy (non-hydrogen) atoms. The smallest absolute Gasteiger partial charge is 0.331 e. The van der Waals surface area contributed by atoms with Gasteiger partial charge in [-0.05, 0) is 26.3 Å². The van der Waals surface area contributed by atoms with Crippen LogP contribution < -0.4 is 10.9 Å². The standard InChI is InChI=1S/C14H18N2O4/c1-4-7-16-8-11(5-6-12(16)17)15-13(18)9(2)10(3)14(19)20/h5-6,8H,4,7H2,1-3H3,(H,15,18)(H,19,20). The Hall–Kier alpha value is -2.37. The number of anilines is 1. The van der Waals surface area contributed by atoms with Crippen LogP contribution in [-0.2, 0) is 16.1 Å². The van der Waals surface area contributed by atoms with Crippen molar-refractivity contribution in [3.8, 4) is 0 Å². The van der Waals surface area contributed by atoms with Crippen LogP contribution in [-0.4, -0.2) is 21.6 Å². The molecular weight excluding hydrogens is 260 g/mol. The SMILES string of the molecule is CCCn1cc(NC(=O)C(C)=C(C)C(=O)O)ccc1=O. The van der Waals surface area contributed by atoms with Crippen molar-refractivity contribution in [1.82, 2.24) is 4.57 Å². The highest BCUT2D eigenvalue weighted by molar-refractivity contribution is 6.07. The summed E-state index contributed by atoms with van der Waals surface area (Å²) >= 11 is 0. The van der Waals surface area contributed by atoms with E-state index in [2.05, 4.69) is 5.32 Å². The van der Waals surface area contributed by atoms with E-state index in [4.69, 9.17) is 5.11 Å². The second-order valence-corrected chi connectivity index (χ2v) is 4.46. The molecule has 0 aliphatic heterocycles. The highest BCUT2D eigenvalue weighted by atomic mass is 16.4. The summed E-state index contributed by atoms with van der Waals surface area (Å²) in [6.07, 6.45) is 2.35. The van der Waals surface area contributed by atoms with Crippen LogP contribution in [0.1, 0.15) is 27.2 Å². The maximum atomic E-state index is 11.9. The molecule has 0 aromatic carbocycles. The monoisotopic (exact) mass is 278 g/mol. The first-order chi connectivity index (χ1) is 9.36. The number of nitrogens with one attached hydrogen (secondary N) is 1. The minimum absolute atomic E-state index is 0.00983. The Kier molecular flexibility index (Phi) is 5.25. The molecular formula is C14H18N2O4. The number of hydrogen-bond donors (Lipinski definition) is 2. The van der Waals surface area contributed by atoms with Crippen LogP contribution in [0, 0.1) is 0 Å². The van der Waals surface area contributed by atoms with Gasteiger partial charge in [0, 0.05) is 30.0 Å². The summed E-state index contributed by atoms with van der Waals surface area (Å²) in [5.41, 5.74) is 0.439. The van der Waals surface area contributed by atoms with Crippen molar-refractivity contribution in [3.63, 3.8) is 0 Å². The largest absolute Gasteiger partial charge is 0.478 e. The zero-order chi connectivity index (χ0) is 15.3. The van der Waals surface area contributed by atoms with Gasteiger partial charge < -0.3 is 15.0 Å². The predicted molar refractivity (Wildman–Crippen MR) is 75.6 cm³/mol. The van der Waals surface area contributed by atoms with Crippen LogP contribution in [0.15, 0.2) is 34.3 Å². The summed E-state index contributed by atoms with van der Waals surface area (Å²) in [5, 5.41) is 11.4. The molecule has 0 fully saturated rings. The van der Waals surface area contributed by atoms with Crippen molar-refractivity contribution in [2.24, 2.45) is 0 Å². The zero-order valence-corrected chi connectivity index (χ0v) is 11.8. The van der Waals surface area contributed by atoms with Crippen LogP contribution in [0.4, 0.5) is 5.69 Å². The van der Waals surface area contributed by atoms with Crippen molar-refractivity contribution in [2.75, 3.05) is 5.32 Å². The Morgan fingerprint density at radius 2 is 1.90 bits per heavy atom. The van der Waals surface area contributed by atoms with Gasteiger partial charge in [-0.15, -0.1) is 0 Å². The molecule has 1 aromatic rings. The third-order valence-corrected chi connectivity index (χ3v) is 2.93. The maximum absolute atomic E-state index is 11.9.